The van der Waals surface area contributed by atoms with Crippen molar-refractivity contribution in [2.75, 3.05) is 241 Å². The molecule has 1 saturated carbocycles. The Morgan fingerprint density at radius 1 is 0.336 bits per heavy atom. The zero-order valence-electron chi connectivity index (χ0n) is 60.3. The Balaban J connectivity index is -0.000000107. The van der Waals surface area contributed by atoms with Crippen molar-refractivity contribution in [2.45, 2.75) is 226 Å². The highest BCUT2D eigenvalue weighted by molar-refractivity contribution is 8.04. The second kappa shape index (κ2) is 152. The maximum Gasteiger partial charge on any atom is 0.220 e. The van der Waals surface area contributed by atoms with E-state index < -0.39 is 12.2 Å². The lowest BCUT2D eigenvalue weighted by molar-refractivity contribution is -0.145. The zero-order valence-corrected chi connectivity index (χ0v) is 66.8. The second-order valence-electron chi connectivity index (χ2n) is 21.9. The number of hydrogen-bond donors (Lipinski definition) is 1. The van der Waals surface area contributed by atoms with Crippen LogP contribution in [-0.4, -0.2) is 307 Å². The molecule has 2 rings (SSSR count). The normalized spacial score (nSPS) is 13.6. The highest BCUT2D eigenvalue weighted by Crippen LogP contribution is 2.43. The summed E-state index contributed by atoms with van der Waals surface area (Å²) in [6, 6.07) is 0. The minimum absolute atomic E-state index is 0. The van der Waals surface area contributed by atoms with Crippen LogP contribution in [0.25, 0.3) is 0 Å². The van der Waals surface area contributed by atoms with Gasteiger partial charge in [-0.3, -0.25) is 4.79 Å². The van der Waals surface area contributed by atoms with Crippen molar-refractivity contribution in [1.29, 1.82) is 0 Å². The summed E-state index contributed by atoms with van der Waals surface area (Å²) in [6.07, 6.45) is 8.90. The van der Waals surface area contributed by atoms with E-state index in [4.69, 9.17) is 66.5 Å². The van der Waals surface area contributed by atoms with Crippen molar-refractivity contribution in [3.05, 3.63) is 12.2 Å². The summed E-state index contributed by atoms with van der Waals surface area (Å²) >= 11 is 13.0. The molecule has 122 heavy (non-hydrogen) atoms. The Bertz CT molecular complexity index is 1760. The molecule has 2 aliphatic rings. The summed E-state index contributed by atoms with van der Waals surface area (Å²) < 4.78 is 157. The SMILES string of the molecule is C.C.C.C.C.C.C.C.C.C.C.C.C.C.C.C.C.C.C=O.C=O.C=O.C=O.CC(C)CC(=O)NCC1CC2C=CC1C2.FOCCCSCC(COCC(COCOCC(COCC(CSCCOCCOF)SCCOCCOF)OCC(CSCCOCCOF)SCCOCCOF)OCC(CSCCCOF)SCCCOF)SCCCOF. The highest BCUT2D eigenvalue weighted by Gasteiger charge is 2.35. The third kappa shape index (κ3) is 126. The van der Waals surface area contributed by atoms with Crippen LogP contribution in [0.1, 0.15) is 192 Å². The Hall–Kier alpha value is -0.590. The lowest BCUT2D eigenvalue weighted by atomic mass is 9.93. The number of amides is 1. The topological polar surface area (TPSA) is 264 Å². The molecule has 1 N–H and O–H groups in total. The minimum Gasteiger partial charge on any atom is -0.378 e. The maximum atomic E-state index is 12.5. The van der Waals surface area contributed by atoms with Crippen molar-refractivity contribution in [1.82, 2.24) is 5.32 Å². The molecule has 9 unspecified atom stereocenters. The van der Waals surface area contributed by atoms with Gasteiger partial charge < -0.3 is 71.9 Å². The average molecular weight is 1970 g/mol. The van der Waals surface area contributed by atoms with Gasteiger partial charge in [-0.05, 0) is 121 Å². The van der Waals surface area contributed by atoms with Crippen LogP contribution in [0.3, 0.4) is 0 Å². The summed E-state index contributed by atoms with van der Waals surface area (Å²) in [5.74, 6) is 10.8. The largest absolute Gasteiger partial charge is 0.378 e. The molecule has 0 aromatic heterocycles. The lowest BCUT2D eigenvalue weighted by Crippen LogP contribution is -2.33. The fraction of sp³-hybridized carbons (Fsp3) is 0.915. The molecule has 0 aromatic carbocycles. The first-order chi connectivity index (χ1) is 51.2. The van der Waals surface area contributed by atoms with Gasteiger partial charge in [0.15, 0.2) is 0 Å². The second-order valence-corrected chi connectivity index (χ2v) is 32.2. The van der Waals surface area contributed by atoms with E-state index in [0.29, 0.717) is 166 Å². The summed E-state index contributed by atoms with van der Waals surface area (Å²) in [5, 5.41) is 3.06. The number of allylic oxidation sites excluding steroid dienone is 2. The van der Waals surface area contributed by atoms with Crippen molar-refractivity contribution in [3.8, 4) is 0 Å². The molecule has 2 aliphatic carbocycles. The van der Waals surface area contributed by atoms with Crippen LogP contribution in [0.5, 0.6) is 0 Å². The van der Waals surface area contributed by atoms with E-state index in [-0.39, 0.29) is 273 Å². The third-order valence-electron chi connectivity index (χ3n) is 13.4. The van der Waals surface area contributed by atoms with Gasteiger partial charge in [-0.1, -0.05) is 160 Å². The molecule has 24 nitrogen and oxygen atoms in total. The predicted molar refractivity (Wildman–Crippen MR) is 521 cm³/mol. The van der Waals surface area contributed by atoms with E-state index in [2.05, 4.69) is 70.8 Å². The van der Waals surface area contributed by atoms with Gasteiger partial charge in [0.05, 0.1) is 132 Å². The van der Waals surface area contributed by atoms with E-state index in [9.17, 15) is 41.0 Å². The molecule has 764 valence electrons. The van der Waals surface area contributed by atoms with E-state index in [1.54, 1.807) is 94.1 Å². The number of ether oxygens (including phenoxy) is 10. The van der Waals surface area contributed by atoms with Crippen LogP contribution in [0.15, 0.2) is 12.2 Å². The van der Waals surface area contributed by atoms with Gasteiger partial charge in [0, 0.05) is 80.0 Å². The van der Waals surface area contributed by atoms with Crippen LogP contribution in [0, 0.1) is 23.7 Å². The smallest absolute Gasteiger partial charge is 0.220 e. The van der Waals surface area contributed by atoms with Gasteiger partial charge in [0.2, 0.25) is 5.91 Å². The Morgan fingerprint density at radius 3 is 0.918 bits per heavy atom. The zero-order chi connectivity index (χ0) is 77.7. The summed E-state index contributed by atoms with van der Waals surface area (Å²) in [4.78, 5) is 72.8. The van der Waals surface area contributed by atoms with Crippen molar-refractivity contribution in [2.24, 2.45) is 23.7 Å². The van der Waals surface area contributed by atoms with Gasteiger partial charge in [-0.25, -0.2) is 0 Å². The molecule has 9 atom stereocenters. The molecule has 40 heteroatoms. The average Bonchev–Trinajstić information content (AvgIpc) is 1.68. The highest BCUT2D eigenvalue weighted by atomic mass is 32.2. The fourth-order valence-electron chi connectivity index (χ4n) is 8.82. The van der Waals surface area contributed by atoms with E-state index in [1.807, 2.05) is 27.2 Å². The number of nitrogens with one attached hydrogen (secondary N) is 1. The lowest BCUT2D eigenvalue weighted by Gasteiger charge is -2.25. The Morgan fingerprint density at radius 2 is 0.623 bits per heavy atom. The van der Waals surface area contributed by atoms with Crippen LogP contribution in [0.4, 0.5) is 36.2 Å². The number of thioether (sulfide) groups is 8. The summed E-state index contributed by atoms with van der Waals surface area (Å²) in [5.41, 5.74) is 0. The molecule has 2 bridgehead atoms. The quantitative estimate of drug-likeness (QED) is 0.0257. The molecule has 0 radical (unpaired) electrons. The number of fused-ring (bicyclic) bond motifs is 2. The van der Waals surface area contributed by atoms with Crippen molar-refractivity contribution < 1.29 is 147 Å². The number of halogens is 8. The molecule has 0 aliphatic heterocycles. The third-order valence-corrected chi connectivity index (χ3v) is 23.8. The van der Waals surface area contributed by atoms with E-state index in [1.165, 1.54) is 12.8 Å². The molecule has 0 spiro atoms. The first kappa shape index (κ1) is 178. The van der Waals surface area contributed by atoms with Gasteiger partial charge in [-0.15, -0.1) is 0 Å². The van der Waals surface area contributed by atoms with Gasteiger partial charge >= 0.3 is 0 Å². The number of rotatable bonds is 76. The molecule has 0 saturated heterocycles. The summed E-state index contributed by atoms with van der Waals surface area (Å²) in [7, 11) is 0. The fourth-order valence-corrected chi connectivity index (χ4v) is 17.8. The minimum atomic E-state index is -0.560. The van der Waals surface area contributed by atoms with Crippen molar-refractivity contribution in [3.63, 3.8) is 0 Å². The predicted octanol–water partition coefficient (Wildman–Crippen LogP) is 23.0. The first-order valence-electron chi connectivity index (χ1n) is 33.8. The Kier molecular flexibility index (Phi) is 221. The maximum absolute atomic E-state index is 12.5. The first-order valence-corrected chi connectivity index (χ1v) is 42.6. The number of hydrogen-bond acceptors (Lipinski definition) is 31. The van der Waals surface area contributed by atoms with E-state index in [0.717, 1.165) is 18.4 Å². The van der Waals surface area contributed by atoms with Crippen LogP contribution in [-0.2, 0) is 111 Å². The molecule has 0 aromatic rings. The van der Waals surface area contributed by atoms with Crippen LogP contribution >= 0.6 is 94.1 Å². The van der Waals surface area contributed by atoms with Gasteiger partial charge in [0.1, 0.15) is 72.6 Å². The van der Waals surface area contributed by atoms with Gasteiger partial charge in [-0.2, -0.15) is 134 Å². The van der Waals surface area contributed by atoms with E-state index >= 15 is 0 Å². The molecule has 1 amide bonds. The standard InChI is InChI=1S/C47H88F8O18S8.C13H21NO.4CH2O.18CH4/c48-66-5-1-21-74-37-44(78-23-3-7-68-50)33-60-29-42(64-35-46(79-24-4-8-69-51)39-75-22-2-6-67-49)31-62-41-63-32-43(65-36-47(81-28-20-59-12-16-73-55)40-77-26-18-57-10-14-71-53)30-61-34-45(80-27-19-58-11-15-72-54)38-76-25-17-56-9-13-70-52;1-9(2)5-13(15)14-8-12-7-10-3-4-11(12)6-10;4*1-2;;;;;;;;;;;;;;;;;;/h42-47H,1-41H2;3-4,9-12H,5-8H2,1-2H3,(H,14,15);4*1H2;18*1H4. The van der Waals surface area contributed by atoms with Gasteiger partial charge in [0.25, 0.3) is 0 Å². The Labute approximate surface area is 777 Å². The van der Waals surface area contributed by atoms with Crippen LogP contribution in [0.2, 0.25) is 0 Å². The summed E-state index contributed by atoms with van der Waals surface area (Å²) in [6.45, 7) is 15.9. The molecule has 1 fully saturated rings. The van der Waals surface area contributed by atoms with Crippen molar-refractivity contribution >= 4 is 127 Å². The van der Waals surface area contributed by atoms with Crippen LogP contribution < -0.4 is 5.32 Å². The molecular formula is C82H189F8NO23S8. The number of carbonyl (C=O) groups is 5. The monoisotopic (exact) mass is 1960 g/mol. The number of carbonyl (C=O) groups excluding carboxylic acids is 5. The molecular weight excluding hydrogens is 1780 g/mol. The molecule has 0 heterocycles.